The first kappa shape index (κ1) is 14.2. The third-order valence-electron chi connectivity index (χ3n) is 3.03. The number of rotatable bonds is 7. The van der Waals surface area contributed by atoms with Crippen LogP contribution < -0.4 is 11.5 Å². The van der Waals surface area contributed by atoms with Crippen molar-refractivity contribution in [2.24, 2.45) is 11.5 Å². The number of primary amides is 2. The number of hydrogen-bond acceptors (Lipinski definition) is 2. The summed E-state index contributed by atoms with van der Waals surface area (Å²) in [5, 5.41) is 0. The Balaban J connectivity index is 2.71. The molecule has 0 heterocycles. The lowest BCUT2D eigenvalue weighted by molar-refractivity contribution is -0.118. The maximum Gasteiger partial charge on any atom is 0.217 e. The smallest absolute Gasteiger partial charge is 0.217 e. The van der Waals surface area contributed by atoms with E-state index in [0.717, 1.165) is 5.56 Å². The summed E-state index contributed by atoms with van der Waals surface area (Å²) in [6.45, 7) is 2.02. The van der Waals surface area contributed by atoms with Crippen LogP contribution >= 0.6 is 0 Å². The zero-order valence-corrected chi connectivity index (χ0v) is 10.7. The van der Waals surface area contributed by atoms with E-state index in [9.17, 15) is 9.59 Å². The lowest BCUT2D eigenvalue weighted by atomic mass is 9.89. The SMILES string of the molecule is Cc1ccc(C(CCC(N)=O)CCC(N)=O)cc1. The molecule has 0 aliphatic carbocycles. The number of hydrogen-bond donors (Lipinski definition) is 2. The van der Waals surface area contributed by atoms with Gasteiger partial charge in [0.1, 0.15) is 0 Å². The fraction of sp³-hybridized carbons (Fsp3) is 0.429. The van der Waals surface area contributed by atoms with E-state index in [0.29, 0.717) is 25.7 Å². The molecule has 0 radical (unpaired) electrons. The average molecular weight is 248 g/mol. The lowest BCUT2D eigenvalue weighted by Crippen LogP contribution is -2.15. The van der Waals surface area contributed by atoms with E-state index in [4.69, 9.17) is 11.5 Å². The molecule has 0 fully saturated rings. The Bertz CT molecular complexity index is 394. The van der Waals surface area contributed by atoms with E-state index in [2.05, 4.69) is 0 Å². The average Bonchev–Trinajstić information content (AvgIpc) is 2.30. The highest BCUT2D eigenvalue weighted by molar-refractivity contribution is 5.74. The summed E-state index contributed by atoms with van der Waals surface area (Å²) in [5.74, 6) is -0.469. The molecule has 1 aromatic carbocycles. The van der Waals surface area contributed by atoms with Gasteiger partial charge in [0.25, 0.3) is 0 Å². The van der Waals surface area contributed by atoms with Gasteiger partial charge in [0, 0.05) is 12.8 Å². The number of amides is 2. The van der Waals surface area contributed by atoms with Gasteiger partial charge in [0.15, 0.2) is 0 Å². The van der Waals surface area contributed by atoms with Gasteiger partial charge in [0.05, 0.1) is 0 Å². The van der Waals surface area contributed by atoms with E-state index in [1.54, 1.807) is 0 Å². The Morgan fingerprint density at radius 2 is 1.44 bits per heavy atom. The van der Waals surface area contributed by atoms with E-state index < -0.39 is 0 Å². The zero-order valence-electron chi connectivity index (χ0n) is 10.7. The summed E-state index contributed by atoms with van der Waals surface area (Å²) < 4.78 is 0. The van der Waals surface area contributed by atoms with Crippen LogP contribution in [0.25, 0.3) is 0 Å². The third kappa shape index (κ3) is 4.99. The molecule has 1 aromatic rings. The normalized spacial score (nSPS) is 10.6. The standard InChI is InChI=1S/C14H20N2O2/c1-10-2-4-11(5-3-10)12(6-8-13(15)17)7-9-14(16)18/h2-5,12H,6-9H2,1H3,(H2,15,17)(H2,16,18). The number of carbonyl (C=O) groups is 2. The molecule has 0 atom stereocenters. The lowest BCUT2D eigenvalue weighted by Gasteiger charge is -2.16. The van der Waals surface area contributed by atoms with Crippen LogP contribution in [0.5, 0.6) is 0 Å². The summed E-state index contributed by atoms with van der Waals surface area (Å²) >= 11 is 0. The quantitative estimate of drug-likeness (QED) is 0.768. The van der Waals surface area contributed by atoms with Gasteiger partial charge in [-0.05, 0) is 31.2 Å². The molecule has 0 aliphatic heterocycles. The van der Waals surface area contributed by atoms with Crippen molar-refractivity contribution in [1.29, 1.82) is 0 Å². The van der Waals surface area contributed by atoms with Gasteiger partial charge < -0.3 is 11.5 Å². The van der Waals surface area contributed by atoms with Crippen molar-refractivity contribution in [3.63, 3.8) is 0 Å². The largest absolute Gasteiger partial charge is 0.370 e. The van der Waals surface area contributed by atoms with Crippen LogP contribution in [0.3, 0.4) is 0 Å². The van der Waals surface area contributed by atoms with Crippen molar-refractivity contribution < 1.29 is 9.59 Å². The molecule has 98 valence electrons. The molecule has 0 unspecified atom stereocenters. The fourth-order valence-electron chi connectivity index (χ4n) is 1.95. The van der Waals surface area contributed by atoms with Crippen molar-refractivity contribution in [3.05, 3.63) is 35.4 Å². The summed E-state index contributed by atoms with van der Waals surface area (Å²) in [6.07, 6.45) is 1.98. The van der Waals surface area contributed by atoms with Crippen LogP contribution in [-0.2, 0) is 9.59 Å². The highest BCUT2D eigenvalue weighted by Crippen LogP contribution is 2.26. The first-order valence-electron chi connectivity index (χ1n) is 6.12. The van der Waals surface area contributed by atoms with E-state index in [-0.39, 0.29) is 17.7 Å². The summed E-state index contributed by atoms with van der Waals surface area (Å²) in [4.78, 5) is 21.7. The Morgan fingerprint density at radius 1 is 1.00 bits per heavy atom. The van der Waals surface area contributed by atoms with E-state index in [1.807, 2.05) is 31.2 Å². The monoisotopic (exact) mass is 248 g/mol. The van der Waals surface area contributed by atoms with Gasteiger partial charge in [-0.2, -0.15) is 0 Å². The molecular weight excluding hydrogens is 228 g/mol. The molecule has 0 aromatic heterocycles. The van der Waals surface area contributed by atoms with Crippen LogP contribution in [0.15, 0.2) is 24.3 Å². The molecule has 4 N–H and O–H groups in total. The summed E-state index contributed by atoms with van der Waals surface area (Å²) in [7, 11) is 0. The molecule has 1 rings (SSSR count). The van der Waals surface area contributed by atoms with Crippen LogP contribution in [0.1, 0.15) is 42.7 Å². The maximum atomic E-state index is 10.9. The molecule has 0 spiro atoms. The minimum atomic E-state index is -0.314. The highest BCUT2D eigenvalue weighted by Gasteiger charge is 2.13. The zero-order chi connectivity index (χ0) is 13.5. The number of nitrogens with two attached hydrogens (primary N) is 2. The number of aryl methyl sites for hydroxylation is 1. The molecule has 0 saturated heterocycles. The molecule has 4 heteroatoms. The van der Waals surface area contributed by atoms with Crippen LogP contribution in [-0.4, -0.2) is 11.8 Å². The number of carbonyl (C=O) groups excluding carboxylic acids is 2. The molecular formula is C14H20N2O2. The minimum absolute atomic E-state index is 0.158. The molecule has 0 aliphatic rings. The minimum Gasteiger partial charge on any atom is -0.370 e. The molecule has 0 saturated carbocycles. The van der Waals surface area contributed by atoms with Crippen molar-refractivity contribution in [2.45, 2.75) is 38.5 Å². The summed E-state index contributed by atoms with van der Waals surface area (Å²) in [5.41, 5.74) is 12.6. The molecule has 4 nitrogen and oxygen atoms in total. The summed E-state index contributed by atoms with van der Waals surface area (Å²) in [6, 6.07) is 8.11. The van der Waals surface area contributed by atoms with Crippen molar-refractivity contribution in [1.82, 2.24) is 0 Å². The van der Waals surface area contributed by atoms with E-state index in [1.165, 1.54) is 5.56 Å². The van der Waals surface area contributed by atoms with Gasteiger partial charge >= 0.3 is 0 Å². The van der Waals surface area contributed by atoms with Gasteiger partial charge in [0.2, 0.25) is 11.8 Å². The van der Waals surface area contributed by atoms with Crippen LogP contribution in [0.2, 0.25) is 0 Å². The second-order valence-electron chi connectivity index (χ2n) is 4.62. The topological polar surface area (TPSA) is 86.2 Å². The Labute approximate surface area is 107 Å². The third-order valence-corrected chi connectivity index (χ3v) is 3.03. The van der Waals surface area contributed by atoms with E-state index >= 15 is 0 Å². The molecule has 18 heavy (non-hydrogen) atoms. The molecule has 2 amide bonds. The van der Waals surface area contributed by atoms with Gasteiger partial charge in [-0.15, -0.1) is 0 Å². The predicted molar refractivity (Wildman–Crippen MR) is 70.8 cm³/mol. The Kier molecular flexibility index (Phi) is 5.36. The highest BCUT2D eigenvalue weighted by atomic mass is 16.1. The van der Waals surface area contributed by atoms with Crippen LogP contribution in [0, 0.1) is 6.92 Å². The first-order valence-corrected chi connectivity index (χ1v) is 6.12. The second-order valence-corrected chi connectivity index (χ2v) is 4.62. The van der Waals surface area contributed by atoms with Gasteiger partial charge in [-0.25, -0.2) is 0 Å². The van der Waals surface area contributed by atoms with Crippen molar-refractivity contribution in [3.8, 4) is 0 Å². The van der Waals surface area contributed by atoms with Gasteiger partial charge in [-0.1, -0.05) is 29.8 Å². The molecule has 0 bridgehead atoms. The fourth-order valence-corrected chi connectivity index (χ4v) is 1.95. The number of benzene rings is 1. The first-order chi connectivity index (χ1) is 8.49. The van der Waals surface area contributed by atoms with Crippen molar-refractivity contribution >= 4 is 11.8 Å². The van der Waals surface area contributed by atoms with Crippen LogP contribution in [0.4, 0.5) is 0 Å². The maximum absolute atomic E-state index is 10.9. The van der Waals surface area contributed by atoms with Gasteiger partial charge in [-0.3, -0.25) is 9.59 Å². The second kappa shape index (κ2) is 6.79. The van der Waals surface area contributed by atoms with Crippen molar-refractivity contribution in [2.75, 3.05) is 0 Å². The Hall–Kier alpha value is -1.84. The predicted octanol–water partition coefficient (Wildman–Crippen LogP) is 1.61. The Morgan fingerprint density at radius 3 is 1.83 bits per heavy atom.